The van der Waals surface area contributed by atoms with Crippen LogP contribution in [0.1, 0.15) is 23.0 Å². The third kappa shape index (κ3) is 4.32. The van der Waals surface area contributed by atoms with Gasteiger partial charge in [-0.25, -0.2) is 4.79 Å². The Labute approximate surface area is 155 Å². The molecular formula is C18H23N2O5S+. The molecule has 8 heteroatoms. The van der Waals surface area contributed by atoms with Gasteiger partial charge in [-0.3, -0.25) is 4.79 Å². The summed E-state index contributed by atoms with van der Waals surface area (Å²) in [5.41, 5.74) is 0.979. The summed E-state index contributed by atoms with van der Waals surface area (Å²) < 4.78 is 16.1. The summed E-state index contributed by atoms with van der Waals surface area (Å²) in [4.78, 5) is 26.1. The van der Waals surface area contributed by atoms with E-state index in [0.29, 0.717) is 41.6 Å². The number of morpholine rings is 1. The molecule has 2 aromatic heterocycles. The van der Waals surface area contributed by atoms with Crippen LogP contribution in [-0.2, 0) is 14.3 Å². The van der Waals surface area contributed by atoms with Gasteiger partial charge in [-0.05, 0) is 26.0 Å². The van der Waals surface area contributed by atoms with Gasteiger partial charge in [0.2, 0.25) is 0 Å². The first-order valence-corrected chi connectivity index (χ1v) is 9.53. The number of aryl methyl sites for hydroxylation is 1. The van der Waals surface area contributed by atoms with Gasteiger partial charge in [0.15, 0.2) is 6.54 Å². The normalized spacial score (nSPS) is 15.0. The number of ether oxygens (including phenoxy) is 2. The molecule has 0 atom stereocenters. The molecule has 1 amide bonds. The number of hydrogen-bond donors (Lipinski definition) is 2. The number of furan rings is 1. The average molecular weight is 379 g/mol. The van der Waals surface area contributed by atoms with Gasteiger partial charge in [0.05, 0.1) is 19.8 Å². The highest BCUT2D eigenvalue weighted by molar-refractivity contribution is 7.15. The molecule has 0 radical (unpaired) electrons. The molecule has 0 aromatic carbocycles. The predicted octanol–water partition coefficient (Wildman–Crippen LogP) is 1.35. The molecule has 26 heavy (non-hydrogen) atoms. The van der Waals surface area contributed by atoms with E-state index in [1.54, 1.807) is 6.92 Å². The quantitative estimate of drug-likeness (QED) is 0.741. The van der Waals surface area contributed by atoms with E-state index in [1.165, 1.54) is 16.2 Å². The minimum Gasteiger partial charge on any atom is -0.462 e. The zero-order valence-electron chi connectivity index (χ0n) is 14.9. The van der Waals surface area contributed by atoms with Crippen LogP contribution in [0.4, 0.5) is 5.00 Å². The highest BCUT2D eigenvalue weighted by Crippen LogP contribution is 2.36. The van der Waals surface area contributed by atoms with Gasteiger partial charge in [0.1, 0.15) is 35.2 Å². The van der Waals surface area contributed by atoms with Crippen LogP contribution in [-0.4, -0.2) is 51.3 Å². The highest BCUT2D eigenvalue weighted by atomic mass is 32.1. The summed E-state index contributed by atoms with van der Waals surface area (Å²) in [6, 6.07) is 3.64. The Bertz CT molecular complexity index is 776. The fourth-order valence-electron chi connectivity index (χ4n) is 2.85. The van der Waals surface area contributed by atoms with Crippen LogP contribution in [0.2, 0.25) is 0 Å². The summed E-state index contributed by atoms with van der Waals surface area (Å²) in [6.07, 6.45) is 0. The van der Waals surface area contributed by atoms with Gasteiger partial charge >= 0.3 is 5.97 Å². The number of carbonyl (C=O) groups excluding carboxylic acids is 2. The molecule has 1 aliphatic heterocycles. The molecule has 3 rings (SSSR count). The van der Waals surface area contributed by atoms with Crippen LogP contribution in [0, 0.1) is 6.92 Å². The number of quaternary nitrogens is 1. The van der Waals surface area contributed by atoms with Crippen LogP contribution in [0.3, 0.4) is 0 Å². The minimum absolute atomic E-state index is 0.128. The molecule has 1 saturated heterocycles. The van der Waals surface area contributed by atoms with Crippen molar-refractivity contribution in [2.45, 2.75) is 13.8 Å². The summed E-state index contributed by atoms with van der Waals surface area (Å²) in [7, 11) is 0. The lowest BCUT2D eigenvalue weighted by atomic mass is 10.1. The van der Waals surface area contributed by atoms with E-state index >= 15 is 0 Å². The van der Waals surface area contributed by atoms with Crippen molar-refractivity contribution < 1.29 is 28.4 Å². The maximum Gasteiger partial charge on any atom is 0.341 e. The molecule has 7 nitrogen and oxygen atoms in total. The van der Waals surface area contributed by atoms with Crippen molar-refractivity contribution >= 4 is 28.2 Å². The smallest absolute Gasteiger partial charge is 0.341 e. The monoisotopic (exact) mass is 379 g/mol. The molecule has 2 N–H and O–H groups in total. The van der Waals surface area contributed by atoms with Gasteiger partial charge < -0.3 is 24.1 Å². The van der Waals surface area contributed by atoms with Crippen molar-refractivity contribution in [3.63, 3.8) is 0 Å². The second-order valence-corrected chi connectivity index (χ2v) is 6.95. The van der Waals surface area contributed by atoms with Gasteiger partial charge in [-0.1, -0.05) is 0 Å². The second kappa shape index (κ2) is 8.48. The van der Waals surface area contributed by atoms with Crippen molar-refractivity contribution in [3.05, 3.63) is 28.8 Å². The van der Waals surface area contributed by atoms with E-state index in [4.69, 9.17) is 13.9 Å². The van der Waals surface area contributed by atoms with Crippen LogP contribution in [0.25, 0.3) is 11.3 Å². The van der Waals surface area contributed by atoms with E-state index in [1.807, 2.05) is 24.4 Å². The molecule has 0 bridgehead atoms. The van der Waals surface area contributed by atoms with E-state index in [-0.39, 0.29) is 12.5 Å². The van der Waals surface area contributed by atoms with Crippen molar-refractivity contribution in [2.75, 3.05) is 44.8 Å². The third-order valence-corrected chi connectivity index (χ3v) is 5.04. The Hall–Kier alpha value is -2.16. The summed E-state index contributed by atoms with van der Waals surface area (Å²) in [6.45, 7) is 7.14. The van der Waals surface area contributed by atoms with Gasteiger partial charge in [-0.2, -0.15) is 0 Å². The van der Waals surface area contributed by atoms with Crippen molar-refractivity contribution in [3.8, 4) is 11.3 Å². The number of anilines is 1. The maximum atomic E-state index is 12.5. The van der Waals surface area contributed by atoms with Gasteiger partial charge in [0.25, 0.3) is 5.91 Å². The third-order valence-electron chi connectivity index (χ3n) is 4.14. The molecule has 2 aromatic rings. The van der Waals surface area contributed by atoms with Crippen molar-refractivity contribution in [1.29, 1.82) is 0 Å². The zero-order valence-corrected chi connectivity index (χ0v) is 15.7. The molecule has 140 valence electrons. The Morgan fingerprint density at radius 2 is 2.08 bits per heavy atom. The van der Waals surface area contributed by atoms with Gasteiger partial charge in [-0.15, -0.1) is 11.3 Å². The topological polar surface area (TPSA) is 82.2 Å². The fraction of sp³-hybridized carbons (Fsp3) is 0.444. The molecule has 0 unspecified atom stereocenters. The van der Waals surface area contributed by atoms with Crippen LogP contribution in [0.15, 0.2) is 21.9 Å². The number of thiophene rings is 1. The Kier molecular flexibility index (Phi) is 6.08. The number of amides is 1. The Morgan fingerprint density at radius 1 is 1.31 bits per heavy atom. The summed E-state index contributed by atoms with van der Waals surface area (Å²) in [5, 5.41) is 5.17. The molecule has 3 heterocycles. The van der Waals surface area contributed by atoms with Crippen LogP contribution < -0.4 is 10.2 Å². The molecule has 1 aliphatic rings. The van der Waals surface area contributed by atoms with Crippen molar-refractivity contribution in [1.82, 2.24) is 0 Å². The molecule has 0 spiro atoms. The van der Waals surface area contributed by atoms with E-state index < -0.39 is 5.97 Å². The largest absolute Gasteiger partial charge is 0.462 e. The zero-order chi connectivity index (χ0) is 18.5. The van der Waals surface area contributed by atoms with Crippen molar-refractivity contribution in [2.24, 2.45) is 0 Å². The molecular weight excluding hydrogens is 356 g/mol. The lowest BCUT2D eigenvalue weighted by Gasteiger charge is -2.23. The fourth-order valence-corrected chi connectivity index (χ4v) is 3.80. The minimum atomic E-state index is -0.466. The first-order chi connectivity index (χ1) is 12.6. The number of nitrogens with one attached hydrogen (secondary N) is 2. The predicted molar refractivity (Wildman–Crippen MR) is 97.7 cm³/mol. The van der Waals surface area contributed by atoms with Gasteiger partial charge in [0, 0.05) is 10.9 Å². The molecule has 0 saturated carbocycles. The standard InChI is InChI=1S/C18H22N2O5S/c1-3-24-18(22)16-13(14-5-4-12(2)25-14)11-26-17(16)19-15(21)10-20-6-8-23-9-7-20/h4-5,11H,3,6-10H2,1-2H3,(H,19,21)/p+1. The average Bonchev–Trinajstić information content (AvgIpc) is 3.22. The highest BCUT2D eigenvalue weighted by Gasteiger charge is 2.25. The SMILES string of the molecule is CCOC(=O)c1c(-c2ccc(C)o2)csc1NC(=O)C[NH+]1CCOCC1. The van der Waals surface area contributed by atoms with E-state index in [0.717, 1.165) is 18.8 Å². The molecule has 0 aliphatic carbocycles. The maximum absolute atomic E-state index is 12.5. The first-order valence-electron chi connectivity index (χ1n) is 8.65. The lowest BCUT2D eigenvalue weighted by molar-refractivity contribution is -0.899. The van der Waals surface area contributed by atoms with Crippen LogP contribution >= 0.6 is 11.3 Å². The van der Waals surface area contributed by atoms with E-state index in [9.17, 15) is 9.59 Å². The summed E-state index contributed by atoms with van der Waals surface area (Å²) >= 11 is 1.30. The number of esters is 1. The first kappa shape index (κ1) is 18.6. The number of rotatable bonds is 6. The van der Waals surface area contributed by atoms with E-state index in [2.05, 4.69) is 5.32 Å². The Morgan fingerprint density at radius 3 is 2.73 bits per heavy atom. The van der Waals surface area contributed by atoms with Crippen LogP contribution in [0.5, 0.6) is 0 Å². The number of carbonyl (C=O) groups is 2. The number of hydrogen-bond acceptors (Lipinski definition) is 6. The lowest BCUT2D eigenvalue weighted by Crippen LogP contribution is -3.15. The Balaban J connectivity index is 1.80. The molecule has 1 fully saturated rings. The summed E-state index contributed by atoms with van der Waals surface area (Å²) in [5.74, 6) is 0.743. The second-order valence-electron chi connectivity index (χ2n) is 6.07.